The predicted octanol–water partition coefficient (Wildman–Crippen LogP) is 4.16. The van der Waals surface area contributed by atoms with Crippen molar-refractivity contribution in [3.05, 3.63) is 42.1 Å². The van der Waals surface area contributed by atoms with Crippen LogP contribution in [0.25, 0.3) is 11.4 Å². The maximum atomic E-state index is 13.8. The monoisotopic (exact) mass is 630 g/mol. The van der Waals surface area contributed by atoms with E-state index in [-0.39, 0.29) is 57.3 Å². The van der Waals surface area contributed by atoms with Crippen LogP contribution in [-0.2, 0) is 23.1 Å². The molecular weight excluding hydrogens is 587 g/mol. The maximum Gasteiger partial charge on any atom is 0.409 e. The van der Waals surface area contributed by atoms with Crippen LogP contribution in [0.1, 0.15) is 56.9 Å². The Morgan fingerprint density at radius 1 is 0.977 bits per heavy atom. The molecule has 2 N–H and O–H groups in total. The Morgan fingerprint density at radius 3 is 2.25 bits per heavy atom. The number of anilines is 1. The summed E-state index contributed by atoms with van der Waals surface area (Å²) in [6, 6.07) is 9.90. The van der Waals surface area contributed by atoms with E-state index < -0.39 is 31.5 Å². The Kier molecular flexibility index (Phi) is 12.1. The van der Waals surface area contributed by atoms with Gasteiger partial charge in [0, 0.05) is 43.9 Å². The molecule has 2 heterocycles. The normalized spacial score (nSPS) is 15.9. The summed E-state index contributed by atoms with van der Waals surface area (Å²) in [7, 11) is -3.74. The van der Waals surface area contributed by atoms with Crippen LogP contribution >= 0.6 is 7.60 Å². The number of benzene rings is 1. The zero-order chi connectivity index (χ0) is 31.5. The maximum absolute atomic E-state index is 13.8. The SMILES string of the molecule is CCCCOC(=O)N1CCN(C(=O)C(CP(=O)(OCC)OCC)NC(=O)c2cc(NC3CC3)nc(-c3ccccc3)n2)CC1. The van der Waals surface area contributed by atoms with Crippen molar-refractivity contribution in [2.75, 3.05) is 57.5 Å². The van der Waals surface area contributed by atoms with Gasteiger partial charge in [-0.1, -0.05) is 43.7 Å². The highest BCUT2D eigenvalue weighted by molar-refractivity contribution is 7.54. The average Bonchev–Trinajstić information content (AvgIpc) is 3.85. The number of nitrogens with zero attached hydrogens (tertiary/aromatic N) is 4. The van der Waals surface area contributed by atoms with Gasteiger partial charge >= 0.3 is 13.7 Å². The molecule has 1 aromatic carbocycles. The van der Waals surface area contributed by atoms with E-state index in [4.69, 9.17) is 13.8 Å². The third kappa shape index (κ3) is 9.48. The third-order valence-corrected chi connectivity index (χ3v) is 9.27. The third-order valence-electron chi connectivity index (χ3n) is 7.15. The van der Waals surface area contributed by atoms with E-state index in [1.54, 1.807) is 29.7 Å². The number of nitrogens with one attached hydrogen (secondary N) is 2. The summed E-state index contributed by atoms with van der Waals surface area (Å²) in [4.78, 5) is 52.2. The molecule has 1 aromatic heterocycles. The number of hydrogen-bond donors (Lipinski definition) is 2. The van der Waals surface area contributed by atoms with E-state index in [9.17, 15) is 18.9 Å². The fourth-order valence-corrected chi connectivity index (χ4v) is 6.46. The zero-order valence-corrected chi connectivity index (χ0v) is 26.6. The van der Waals surface area contributed by atoms with Gasteiger partial charge in [0.2, 0.25) is 5.91 Å². The molecule has 13 nitrogen and oxygen atoms in total. The largest absolute Gasteiger partial charge is 0.449 e. The number of aromatic nitrogens is 2. The van der Waals surface area contributed by atoms with Crippen LogP contribution in [0, 0.1) is 0 Å². The lowest BCUT2D eigenvalue weighted by Gasteiger charge is -2.36. The highest BCUT2D eigenvalue weighted by atomic mass is 31.2. The van der Waals surface area contributed by atoms with Crippen LogP contribution in [0.15, 0.2) is 36.4 Å². The summed E-state index contributed by atoms with van der Waals surface area (Å²) < 4.78 is 29.8. The Hall–Kier alpha value is -3.54. The van der Waals surface area contributed by atoms with Gasteiger partial charge in [0.1, 0.15) is 17.6 Å². The number of carbonyl (C=O) groups is 3. The molecule has 2 aromatic rings. The molecule has 0 spiro atoms. The molecule has 1 saturated heterocycles. The quantitative estimate of drug-likeness (QED) is 0.217. The van der Waals surface area contributed by atoms with Crippen molar-refractivity contribution in [1.82, 2.24) is 25.1 Å². The second-order valence-corrected chi connectivity index (χ2v) is 12.8. The van der Waals surface area contributed by atoms with Crippen LogP contribution in [0.5, 0.6) is 0 Å². The minimum atomic E-state index is -3.74. The predicted molar refractivity (Wildman–Crippen MR) is 166 cm³/mol. The van der Waals surface area contributed by atoms with Crippen LogP contribution < -0.4 is 10.6 Å². The number of unbranched alkanes of at least 4 members (excludes halogenated alkanes) is 1. The van der Waals surface area contributed by atoms with E-state index >= 15 is 0 Å². The van der Waals surface area contributed by atoms with Crippen molar-refractivity contribution in [2.45, 2.75) is 58.5 Å². The van der Waals surface area contributed by atoms with E-state index in [1.165, 1.54) is 0 Å². The fourth-order valence-electron chi connectivity index (χ4n) is 4.69. The average molecular weight is 631 g/mol. The molecule has 0 radical (unpaired) electrons. The fraction of sp³-hybridized carbons (Fsp3) is 0.567. The van der Waals surface area contributed by atoms with Gasteiger partial charge in [0.25, 0.3) is 5.91 Å². The van der Waals surface area contributed by atoms with Crippen LogP contribution in [-0.4, -0.2) is 102 Å². The molecule has 3 amide bonds. The van der Waals surface area contributed by atoms with Crippen molar-refractivity contribution >= 4 is 31.3 Å². The molecule has 14 heteroatoms. The molecule has 240 valence electrons. The molecule has 2 aliphatic rings. The first-order valence-electron chi connectivity index (χ1n) is 15.4. The minimum Gasteiger partial charge on any atom is -0.449 e. The number of carbonyl (C=O) groups excluding carboxylic acids is 3. The lowest BCUT2D eigenvalue weighted by atomic mass is 10.2. The summed E-state index contributed by atoms with van der Waals surface area (Å²) in [5.41, 5.74) is 0.791. The van der Waals surface area contributed by atoms with Crippen molar-refractivity contribution < 1.29 is 32.7 Å². The number of piperazine rings is 1. The summed E-state index contributed by atoms with van der Waals surface area (Å²) in [5.74, 6) is -0.212. The Bertz CT molecular complexity index is 1310. The van der Waals surface area contributed by atoms with Gasteiger partial charge in [-0.2, -0.15) is 0 Å². The lowest BCUT2D eigenvalue weighted by Crippen LogP contribution is -2.57. The highest BCUT2D eigenvalue weighted by Gasteiger charge is 2.37. The number of hydrogen-bond acceptors (Lipinski definition) is 10. The van der Waals surface area contributed by atoms with Crippen molar-refractivity contribution in [1.29, 1.82) is 0 Å². The van der Waals surface area contributed by atoms with Crippen molar-refractivity contribution in [3.8, 4) is 11.4 Å². The minimum absolute atomic E-state index is 0.0575. The van der Waals surface area contributed by atoms with Gasteiger partial charge in [-0.15, -0.1) is 0 Å². The molecule has 44 heavy (non-hydrogen) atoms. The molecule has 1 aliphatic carbocycles. The zero-order valence-electron chi connectivity index (χ0n) is 25.7. The number of rotatable bonds is 15. The van der Waals surface area contributed by atoms with E-state index in [2.05, 4.69) is 20.6 Å². The standard InChI is InChI=1S/C30H43N6O7P/c1-4-7-19-41-30(39)36-17-15-35(16-18-36)29(38)25(21-44(40,42-5-2)43-6-3)33-28(37)24-20-26(31-23-13-14-23)34-27(32-24)22-11-9-8-10-12-22/h8-12,20,23,25H,4-7,13-19,21H2,1-3H3,(H,33,37)(H,31,32,34). The van der Waals surface area contributed by atoms with Gasteiger partial charge in [-0.05, 0) is 33.1 Å². The Labute approximate surface area is 258 Å². The molecule has 2 fully saturated rings. The Balaban J connectivity index is 1.54. The van der Waals surface area contributed by atoms with Crippen molar-refractivity contribution in [2.24, 2.45) is 0 Å². The molecular formula is C30H43N6O7P. The van der Waals surface area contributed by atoms with Crippen LogP contribution in [0.4, 0.5) is 10.6 Å². The van der Waals surface area contributed by atoms with Crippen LogP contribution in [0.2, 0.25) is 0 Å². The van der Waals surface area contributed by atoms with Gasteiger partial charge < -0.3 is 34.2 Å². The summed E-state index contributed by atoms with van der Waals surface area (Å²) in [6.07, 6.45) is 2.94. The molecule has 1 atom stereocenters. The summed E-state index contributed by atoms with van der Waals surface area (Å²) in [5, 5.41) is 6.08. The molecule has 1 unspecified atom stereocenters. The van der Waals surface area contributed by atoms with Gasteiger partial charge in [-0.25, -0.2) is 14.8 Å². The second kappa shape index (κ2) is 16.0. The van der Waals surface area contributed by atoms with Gasteiger partial charge in [-0.3, -0.25) is 14.2 Å². The van der Waals surface area contributed by atoms with Crippen molar-refractivity contribution in [3.63, 3.8) is 0 Å². The van der Waals surface area contributed by atoms with Gasteiger partial charge in [0.15, 0.2) is 5.82 Å². The first kappa shape index (κ1) is 33.4. The highest BCUT2D eigenvalue weighted by Crippen LogP contribution is 2.48. The molecule has 1 saturated carbocycles. The first-order valence-corrected chi connectivity index (χ1v) is 17.1. The number of ether oxygens (including phenoxy) is 1. The van der Waals surface area contributed by atoms with Gasteiger partial charge in [0.05, 0.1) is 26.0 Å². The van der Waals surface area contributed by atoms with E-state index in [0.717, 1.165) is 31.2 Å². The lowest BCUT2D eigenvalue weighted by molar-refractivity contribution is -0.134. The molecule has 1 aliphatic heterocycles. The molecule has 0 bridgehead atoms. The van der Waals surface area contributed by atoms with E-state index in [1.807, 2.05) is 37.3 Å². The van der Waals surface area contributed by atoms with Crippen LogP contribution in [0.3, 0.4) is 0 Å². The first-order chi connectivity index (χ1) is 21.2. The molecule has 4 rings (SSSR count). The summed E-state index contributed by atoms with van der Waals surface area (Å²) in [6.45, 7) is 6.93. The Morgan fingerprint density at radius 2 is 1.64 bits per heavy atom. The second-order valence-electron chi connectivity index (χ2n) is 10.7. The topological polar surface area (TPSA) is 152 Å². The number of amides is 3. The summed E-state index contributed by atoms with van der Waals surface area (Å²) >= 11 is 0. The van der Waals surface area contributed by atoms with E-state index in [0.29, 0.717) is 18.2 Å². The smallest absolute Gasteiger partial charge is 0.409 e.